The highest BCUT2D eigenvalue weighted by atomic mass is 19.1. The summed E-state index contributed by atoms with van der Waals surface area (Å²) in [6.45, 7) is 3.93. The van der Waals surface area contributed by atoms with E-state index in [9.17, 15) is 8.78 Å². The summed E-state index contributed by atoms with van der Waals surface area (Å²) in [5, 5.41) is 6.14. The number of hydrogen-bond donors (Lipinski definition) is 2. The third-order valence-corrected chi connectivity index (χ3v) is 3.25. The Balaban J connectivity index is 2.02. The number of nitrogens with one attached hydrogen (secondary N) is 2. The molecular weight excluding hydrogens is 324 g/mol. The second-order valence-electron chi connectivity index (χ2n) is 5.76. The fraction of sp³-hybridized carbons (Fsp3) is 0.167. The average molecular weight is 341 g/mol. The molecule has 0 amide bonds. The van der Waals surface area contributed by atoms with E-state index >= 15 is 0 Å². The molecule has 0 saturated carbocycles. The summed E-state index contributed by atoms with van der Waals surface area (Å²) in [5.74, 6) is 0.297. The van der Waals surface area contributed by atoms with Crippen LogP contribution >= 0.6 is 0 Å². The van der Waals surface area contributed by atoms with Crippen LogP contribution in [0, 0.1) is 11.6 Å². The molecule has 3 aromatic rings. The molecule has 2 aromatic heterocycles. The average Bonchev–Trinajstić information content (AvgIpc) is 2.54. The second kappa shape index (κ2) is 7.21. The van der Waals surface area contributed by atoms with Crippen molar-refractivity contribution >= 4 is 17.3 Å². The number of halogens is 2. The maximum absolute atomic E-state index is 14.1. The van der Waals surface area contributed by atoms with Crippen molar-refractivity contribution in [3.63, 3.8) is 0 Å². The molecule has 0 bridgehead atoms. The zero-order valence-corrected chi connectivity index (χ0v) is 13.8. The number of nitrogens with zero attached hydrogens (tertiary/aromatic N) is 3. The smallest absolute Gasteiger partial charge is 0.166 e. The van der Waals surface area contributed by atoms with Gasteiger partial charge in [-0.1, -0.05) is 12.1 Å². The molecule has 25 heavy (non-hydrogen) atoms. The SMILES string of the molecule is CC(C)Nc1cc(Nc2cncc(F)c2)nc(-c2ccccc2F)n1. The van der Waals surface area contributed by atoms with Crippen molar-refractivity contribution in [1.29, 1.82) is 0 Å². The summed E-state index contributed by atoms with van der Waals surface area (Å²) in [7, 11) is 0. The topological polar surface area (TPSA) is 62.7 Å². The van der Waals surface area contributed by atoms with Crippen LogP contribution in [0.5, 0.6) is 0 Å². The van der Waals surface area contributed by atoms with E-state index in [4.69, 9.17) is 0 Å². The van der Waals surface area contributed by atoms with Gasteiger partial charge in [-0.2, -0.15) is 0 Å². The monoisotopic (exact) mass is 341 g/mol. The first-order chi connectivity index (χ1) is 12.0. The summed E-state index contributed by atoms with van der Waals surface area (Å²) in [6, 6.07) is 9.39. The fourth-order valence-electron chi connectivity index (χ4n) is 2.27. The van der Waals surface area contributed by atoms with E-state index in [0.717, 1.165) is 6.20 Å². The van der Waals surface area contributed by atoms with Gasteiger partial charge in [-0.05, 0) is 26.0 Å². The molecule has 0 unspecified atom stereocenters. The lowest BCUT2D eigenvalue weighted by Gasteiger charge is -2.13. The van der Waals surface area contributed by atoms with Crippen molar-refractivity contribution in [2.45, 2.75) is 19.9 Å². The Morgan fingerprint density at radius 2 is 1.72 bits per heavy atom. The lowest BCUT2D eigenvalue weighted by molar-refractivity contribution is 0.622. The highest BCUT2D eigenvalue weighted by Crippen LogP contribution is 2.24. The van der Waals surface area contributed by atoms with E-state index < -0.39 is 11.6 Å². The quantitative estimate of drug-likeness (QED) is 0.721. The highest BCUT2D eigenvalue weighted by molar-refractivity contribution is 5.65. The van der Waals surface area contributed by atoms with Crippen molar-refractivity contribution in [2.24, 2.45) is 0 Å². The molecule has 2 heterocycles. The molecule has 0 spiro atoms. The zero-order chi connectivity index (χ0) is 17.8. The molecule has 0 radical (unpaired) electrons. The zero-order valence-electron chi connectivity index (χ0n) is 13.8. The summed E-state index contributed by atoms with van der Waals surface area (Å²) < 4.78 is 27.4. The number of hydrogen-bond acceptors (Lipinski definition) is 5. The van der Waals surface area contributed by atoms with Crippen LogP contribution in [-0.2, 0) is 0 Å². The van der Waals surface area contributed by atoms with E-state index in [-0.39, 0.29) is 17.4 Å². The number of anilines is 3. The van der Waals surface area contributed by atoms with E-state index in [2.05, 4.69) is 25.6 Å². The Bertz CT molecular complexity index is 883. The first-order valence-electron chi connectivity index (χ1n) is 7.79. The molecule has 7 heteroatoms. The van der Waals surface area contributed by atoms with E-state index in [1.54, 1.807) is 24.3 Å². The van der Waals surface area contributed by atoms with Crippen LogP contribution in [0.2, 0.25) is 0 Å². The van der Waals surface area contributed by atoms with Crippen LogP contribution in [0.4, 0.5) is 26.1 Å². The van der Waals surface area contributed by atoms with E-state index in [1.165, 1.54) is 18.3 Å². The summed E-state index contributed by atoms with van der Waals surface area (Å²) in [5.41, 5.74) is 0.726. The molecule has 5 nitrogen and oxygen atoms in total. The van der Waals surface area contributed by atoms with Crippen molar-refractivity contribution in [3.05, 3.63) is 60.4 Å². The molecule has 0 atom stereocenters. The Morgan fingerprint density at radius 3 is 2.44 bits per heavy atom. The van der Waals surface area contributed by atoms with Gasteiger partial charge < -0.3 is 10.6 Å². The lowest BCUT2D eigenvalue weighted by Crippen LogP contribution is -2.12. The molecule has 0 saturated heterocycles. The minimum atomic E-state index is -0.464. The number of aromatic nitrogens is 3. The first kappa shape index (κ1) is 16.8. The minimum absolute atomic E-state index is 0.132. The van der Waals surface area contributed by atoms with Gasteiger partial charge in [0.15, 0.2) is 5.82 Å². The predicted octanol–water partition coefficient (Wildman–Crippen LogP) is 4.38. The Hall–Kier alpha value is -3.09. The largest absolute Gasteiger partial charge is 0.368 e. The van der Waals surface area contributed by atoms with Crippen LogP contribution in [0.1, 0.15) is 13.8 Å². The van der Waals surface area contributed by atoms with Gasteiger partial charge in [0, 0.05) is 18.2 Å². The number of rotatable bonds is 5. The van der Waals surface area contributed by atoms with Crippen LogP contribution in [0.3, 0.4) is 0 Å². The standard InChI is InChI=1S/C18H17F2N5/c1-11(2)22-16-8-17(23-13-7-12(19)9-21-10-13)25-18(24-16)14-5-3-4-6-15(14)20/h3-11H,1-2H3,(H2,22,23,24,25). The molecule has 2 N–H and O–H groups in total. The Morgan fingerprint density at radius 1 is 0.960 bits per heavy atom. The van der Waals surface area contributed by atoms with Crippen molar-refractivity contribution in [2.75, 3.05) is 10.6 Å². The van der Waals surface area contributed by atoms with Crippen molar-refractivity contribution in [3.8, 4) is 11.4 Å². The van der Waals surface area contributed by atoms with Crippen LogP contribution in [0.25, 0.3) is 11.4 Å². The molecule has 1 aromatic carbocycles. The molecule has 128 valence electrons. The molecular formula is C18H17F2N5. The Kier molecular flexibility index (Phi) is 4.83. The maximum atomic E-state index is 14.1. The summed E-state index contributed by atoms with van der Waals surface area (Å²) in [6.07, 6.45) is 2.59. The van der Waals surface area contributed by atoms with Gasteiger partial charge in [-0.15, -0.1) is 0 Å². The summed E-state index contributed by atoms with van der Waals surface area (Å²) >= 11 is 0. The van der Waals surface area contributed by atoms with Crippen LogP contribution in [-0.4, -0.2) is 21.0 Å². The molecule has 0 aliphatic heterocycles. The second-order valence-corrected chi connectivity index (χ2v) is 5.76. The van der Waals surface area contributed by atoms with Crippen molar-refractivity contribution < 1.29 is 8.78 Å². The lowest BCUT2D eigenvalue weighted by atomic mass is 10.2. The van der Waals surface area contributed by atoms with Gasteiger partial charge in [-0.25, -0.2) is 18.7 Å². The van der Waals surface area contributed by atoms with Gasteiger partial charge in [0.05, 0.1) is 23.6 Å². The fourth-order valence-corrected chi connectivity index (χ4v) is 2.27. The predicted molar refractivity (Wildman–Crippen MR) is 93.7 cm³/mol. The molecule has 0 fully saturated rings. The van der Waals surface area contributed by atoms with Crippen molar-refractivity contribution in [1.82, 2.24) is 15.0 Å². The maximum Gasteiger partial charge on any atom is 0.166 e. The summed E-state index contributed by atoms with van der Waals surface area (Å²) in [4.78, 5) is 12.5. The normalized spacial score (nSPS) is 10.8. The van der Waals surface area contributed by atoms with E-state index in [1.807, 2.05) is 13.8 Å². The van der Waals surface area contributed by atoms with Gasteiger partial charge in [0.25, 0.3) is 0 Å². The van der Waals surface area contributed by atoms with Crippen LogP contribution in [0.15, 0.2) is 48.8 Å². The van der Waals surface area contributed by atoms with Gasteiger partial charge >= 0.3 is 0 Å². The van der Waals surface area contributed by atoms with Gasteiger partial charge in [0.2, 0.25) is 0 Å². The van der Waals surface area contributed by atoms with Crippen LogP contribution < -0.4 is 10.6 Å². The molecule has 0 aliphatic rings. The first-order valence-corrected chi connectivity index (χ1v) is 7.79. The van der Waals surface area contributed by atoms with Gasteiger partial charge in [-0.3, -0.25) is 4.98 Å². The minimum Gasteiger partial charge on any atom is -0.368 e. The number of pyridine rings is 1. The third-order valence-electron chi connectivity index (χ3n) is 3.25. The van der Waals surface area contributed by atoms with Gasteiger partial charge in [0.1, 0.15) is 23.3 Å². The highest BCUT2D eigenvalue weighted by Gasteiger charge is 2.12. The van der Waals surface area contributed by atoms with E-state index in [0.29, 0.717) is 17.3 Å². The molecule has 0 aliphatic carbocycles. The Labute approximate surface area is 144 Å². The number of benzene rings is 1. The third kappa shape index (κ3) is 4.26. The molecule has 3 rings (SSSR count).